The third-order valence-electron chi connectivity index (χ3n) is 3.18. The van der Waals surface area contributed by atoms with Gasteiger partial charge in [0.15, 0.2) is 0 Å². The summed E-state index contributed by atoms with van der Waals surface area (Å²) in [5, 5.41) is 0. The summed E-state index contributed by atoms with van der Waals surface area (Å²) in [4.78, 5) is 2.59. The first-order valence-electron chi connectivity index (χ1n) is 6.88. The summed E-state index contributed by atoms with van der Waals surface area (Å²) in [6, 6.07) is 0.787. The van der Waals surface area contributed by atoms with E-state index in [-0.39, 0.29) is 11.5 Å². The molecular weight excluding hydrogens is 196 g/mol. The van der Waals surface area contributed by atoms with E-state index in [1.54, 1.807) is 0 Å². The molecule has 0 saturated carbocycles. The van der Waals surface area contributed by atoms with E-state index in [1.165, 1.54) is 25.9 Å². The molecule has 98 valence electrons. The summed E-state index contributed by atoms with van der Waals surface area (Å²) in [7, 11) is 0. The summed E-state index contributed by atoms with van der Waals surface area (Å²) in [5.74, 6) is 0. The molecule has 0 aromatic carbocycles. The number of nitrogens with two attached hydrogens (primary N) is 1. The van der Waals surface area contributed by atoms with Crippen molar-refractivity contribution in [3.63, 3.8) is 0 Å². The van der Waals surface area contributed by atoms with Gasteiger partial charge in [-0.05, 0) is 37.8 Å². The molecule has 0 spiro atoms. The van der Waals surface area contributed by atoms with Crippen molar-refractivity contribution in [1.29, 1.82) is 0 Å². The minimum atomic E-state index is 0.264. The van der Waals surface area contributed by atoms with E-state index in [4.69, 9.17) is 5.73 Å². The molecule has 0 aliphatic carbocycles. The van der Waals surface area contributed by atoms with Crippen molar-refractivity contribution in [2.75, 3.05) is 13.1 Å². The van der Waals surface area contributed by atoms with Crippen molar-refractivity contribution < 1.29 is 0 Å². The molecule has 0 rings (SSSR count). The highest BCUT2D eigenvalue weighted by Gasteiger charge is 2.33. The van der Waals surface area contributed by atoms with E-state index in [1.807, 2.05) is 0 Å². The van der Waals surface area contributed by atoms with Gasteiger partial charge in [0.25, 0.3) is 0 Å². The predicted molar refractivity (Wildman–Crippen MR) is 73.7 cm³/mol. The minimum Gasteiger partial charge on any atom is -0.326 e. The van der Waals surface area contributed by atoms with Crippen LogP contribution in [0.1, 0.15) is 60.8 Å². The van der Waals surface area contributed by atoms with Gasteiger partial charge in [-0.15, -0.1) is 0 Å². The molecule has 0 aromatic heterocycles. The highest BCUT2D eigenvalue weighted by Crippen LogP contribution is 2.27. The molecule has 0 bridgehead atoms. The van der Waals surface area contributed by atoms with Crippen molar-refractivity contribution in [3.8, 4) is 0 Å². The lowest BCUT2D eigenvalue weighted by atomic mass is 9.80. The Kier molecular flexibility index (Phi) is 7.25. The van der Waals surface area contributed by atoms with Gasteiger partial charge < -0.3 is 5.73 Å². The van der Waals surface area contributed by atoms with Gasteiger partial charge >= 0.3 is 0 Å². The van der Waals surface area contributed by atoms with Gasteiger partial charge in [0.05, 0.1) is 0 Å². The van der Waals surface area contributed by atoms with E-state index in [0.717, 1.165) is 6.42 Å². The van der Waals surface area contributed by atoms with Gasteiger partial charge in [-0.1, -0.05) is 41.5 Å². The second kappa shape index (κ2) is 7.29. The summed E-state index contributed by atoms with van der Waals surface area (Å²) in [6.07, 6.45) is 3.48. The molecule has 2 N–H and O–H groups in total. The molecular formula is C14H32N2. The first-order valence-corrected chi connectivity index (χ1v) is 6.88. The number of rotatable bonds is 7. The molecule has 0 heterocycles. The van der Waals surface area contributed by atoms with Gasteiger partial charge in [-0.2, -0.15) is 0 Å². The average molecular weight is 228 g/mol. The first kappa shape index (κ1) is 15.9. The molecule has 0 fully saturated rings. The highest BCUT2D eigenvalue weighted by molar-refractivity contribution is 4.90. The standard InChI is InChI=1S/C14H32N2/c1-7-10-16(11-8-2)13(12(15)9-3)14(4,5)6/h12-13H,7-11,15H2,1-6H3. The molecule has 16 heavy (non-hydrogen) atoms. The maximum atomic E-state index is 6.32. The molecule has 2 unspecified atom stereocenters. The van der Waals surface area contributed by atoms with Crippen LogP contribution in [0.5, 0.6) is 0 Å². The second-order valence-electron chi connectivity index (χ2n) is 5.92. The Balaban J connectivity index is 4.80. The molecule has 0 aromatic rings. The summed E-state index contributed by atoms with van der Waals surface area (Å²) in [6.45, 7) is 16.0. The van der Waals surface area contributed by atoms with Crippen LogP contribution in [0.15, 0.2) is 0 Å². The fraction of sp³-hybridized carbons (Fsp3) is 1.00. The Morgan fingerprint density at radius 3 is 1.69 bits per heavy atom. The molecule has 2 heteroatoms. The normalized spacial score (nSPS) is 16.5. The van der Waals surface area contributed by atoms with Crippen LogP contribution >= 0.6 is 0 Å². The Labute approximate surface area is 103 Å². The van der Waals surface area contributed by atoms with Crippen LogP contribution in [0.3, 0.4) is 0 Å². The summed E-state index contributed by atoms with van der Waals surface area (Å²) >= 11 is 0. The van der Waals surface area contributed by atoms with Crippen molar-refractivity contribution in [2.45, 2.75) is 72.9 Å². The van der Waals surface area contributed by atoms with Crippen LogP contribution in [0, 0.1) is 5.41 Å². The molecule has 2 nitrogen and oxygen atoms in total. The lowest BCUT2D eigenvalue weighted by Gasteiger charge is -2.43. The SMILES string of the molecule is CCCN(CCC)C(C(N)CC)C(C)(C)C. The highest BCUT2D eigenvalue weighted by atomic mass is 15.2. The zero-order valence-corrected chi connectivity index (χ0v) is 12.2. The van der Waals surface area contributed by atoms with Crippen LogP contribution < -0.4 is 5.73 Å². The Hall–Kier alpha value is -0.0800. The van der Waals surface area contributed by atoms with Crippen molar-refractivity contribution >= 4 is 0 Å². The number of hydrogen-bond donors (Lipinski definition) is 1. The van der Waals surface area contributed by atoms with E-state index in [2.05, 4.69) is 46.4 Å². The smallest absolute Gasteiger partial charge is 0.0295 e. The quantitative estimate of drug-likeness (QED) is 0.724. The lowest BCUT2D eigenvalue weighted by Crippen LogP contribution is -2.54. The van der Waals surface area contributed by atoms with Crippen LogP contribution in [-0.2, 0) is 0 Å². The molecule has 0 amide bonds. The molecule has 0 saturated heterocycles. The van der Waals surface area contributed by atoms with Crippen molar-refractivity contribution in [2.24, 2.45) is 11.1 Å². The maximum Gasteiger partial charge on any atom is 0.0295 e. The zero-order valence-electron chi connectivity index (χ0n) is 12.2. The zero-order chi connectivity index (χ0) is 12.8. The largest absolute Gasteiger partial charge is 0.326 e. The minimum absolute atomic E-state index is 0.264. The number of nitrogens with zero attached hydrogens (tertiary/aromatic N) is 1. The third-order valence-corrected chi connectivity index (χ3v) is 3.18. The second-order valence-corrected chi connectivity index (χ2v) is 5.92. The Morgan fingerprint density at radius 1 is 1.00 bits per heavy atom. The first-order chi connectivity index (χ1) is 7.38. The fourth-order valence-corrected chi connectivity index (χ4v) is 2.65. The summed E-state index contributed by atoms with van der Waals surface area (Å²) in [5.41, 5.74) is 6.59. The molecule has 0 aliphatic rings. The van der Waals surface area contributed by atoms with E-state index in [0.29, 0.717) is 6.04 Å². The topological polar surface area (TPSA) is 29.3 Å². The van der Waals surface area contributed by atoms with Crippen molar-refractivity contribution in [3.05, 3.63) is 0 Å². The number of hydrogen-bond acceptors (Lipinski definition) is 2. The van der Waals surface area contributed by atoms with Crippen LogP contribution in [0.4, 0.5) is 0 Å². The lowest BCUT2D eigenvalue weighted by molar-refractivity contribution is 0.0759. The van der Waals surface area contributed by atoms with Crippen LogP contribution in [-0.4, -0.2) is 30.1 Å². The third kappa shape index (κ3) is 4.84. The average Bonchev–Trinajstić information content (AvgIpc) is 2.16. The van der Waals surface area contributed by atoms with Crippen LogP contribution in [0.25, 0.3) is 0 Å². The van der Waals surface area contributed by atoms with Gasteiger partial charge in [0.2, 0.25) is 0 Å². The monoisotopic (exact) mass is 228 g/mol. The predicted octanol–water partition coefficient (Wildman–Crippen LogP) is 3.26. The van der Waals surface area contributed by atoms with Gasteiger partial charge in [0, 0.05) is 12.1 Å². The fourth-order valence-electron chi connectivity index (χ4n) is 2.65. The van der Waals surface area contributed by atoms with Gasteiger partial charge in [-0.25, -0.2) is 0 Å². The molecule has 2 atom stereocenters. The van der Waals surface area contributed by atoms with Gasteiger partial charge in [0.1, 0.15) is 0 Å². The Morgan fingerprint density at radius 2 is 1.44 bits per heavy atom. The van der Waals surface area contributed by atoms with E-state index in [9.17, 15) is 0 Å². The van der Waals surface area contributed by atoms with E-state index >= 15 is 0 Å². The Bertz CT molecular complexity index is 166. The van der Waals surface area contributed by atoms with Crippen molar-refractivity contribution in [1.82, 2.24) is 4.90 Å². The molecule has 0 radical (unpaired) electrons. The molecule has 0 aliphatic heterocycles. The summed E-state index contributed by atoms with van der Waals surface area (Å²) < 4.78 is 0. The maximum absolute atomic E-state index is 6.32. The van der Waals surface area contributed by atoms with Gasteiger partial charge in [-0.3, -0.25) is 4.90 Å². The van der Waals surface area contributed by atoms with E-state index < -0.39 is 0 Å². The van der Waals surface area contributed by atoms with Crippen LogP contribution in [0.2, 0.25) is 0 Å².